The summed E-state index contributed by atoms with van der Waals surface area (Å²) in [5, 5.41) is 10.5. The van der Waals surface area contributed by atoms with Crippen LogP contribution in [0.2, 0.25) is 5.02 Å². The first-order chi connectivity index (χ1) is 9.70. The van der Waals surface area contributed by atoms with Crippen molar-refractivity contribution in [3.63, 3.8) is 0 Å². The molecule has 5 heteroatoms. The van der Waals surface area contributed by atoms with Gasteiger partial charge in [0.15, 0.2) is 5.13 Å². The van der Waals surface area contributed by atoms with Gasteiger partial charge in [-0.15, -0.1) is 11.3 Å². The smallest absolute Gasteiger partial charge is 0.187 e. The number of halogens is 1. The van der Waals surface area contributed by atoms with Gasteiger partial charge in [0.1, 0.15) is 0 Å². The molecule has 108 valence electrons. The topological polar surface area (TPSA) is 37.0 Å². The molecule has 0 spiro atoms. The Bertz CT molecular complexity index is 554. The summed E-state index contributed by atoms with van der Waals surface area (Å²) in [5.41, 5.74) is 3.19. The van der Waals surface area contributed by atoms with Crippen molar-refractivity contribution in [1.82, 2.24) is 10.3 Å². The third kappa shape index (κ3) is 4.20. The molecule has 1 aromatic heterocycles. The minimum absolute atomic E-state index is 0.774. The molecule has 0 radical (unpaired) electrons. The molecule has 3 nitrogen and oxygen atoms in total. The maximum atomic E-state index is 6.12. The van der Waals surface area contributed by atoms with Crippen LogP contribution in [0, 0.1) is 6.92 Å². The van der Waals surface area contributed by atoms with Gasteiger partial charge in [-0.2, -0.15) is 0 Å². The second kappa shape index (κ2) is 7.62. The van der Waals surface area contributed by atoms with E-state index in [1.54, 1.807) is 11.3 Å². The second-order valence-corrected chi connectivity index (χ2v) is 5.95. The van der Waals surface area contributed by atoms with Gasteiger partial charge in [0.05, 0.1) is 5.69 Å². The van der Waals surface area contributed by atoms with Crippen LogP contribution in [0.1, 0.15) is 24.6 Å². The van der Waals surface area contributed by atoms with E-state index in [-0.39, 0.29) is 0 Å². The Morgan fingerprint density at radius 3 is 2.95 bits per heavy atom. The van der Waals surface area contributed by atoms with Gasteiger partial charge in [0.2, 0.25) is 0 Å². The Balaban J connectivity index is 1.94. The number of hydrogen-bond acceptors (Lipinski definition) is 4. The van der Waals surface area contributed by atoms with Crippen molar-refractivity contribution in [1.29, 1.82) is 0 Å². The minimum Gasteiger partial charge on any atom is -0.331 e. The third-order valence-corrected chi connectivity index (χ3v) is 4.26. The Morgan fingerprint density at radius 2 is 2.15 bits per heavy atom. The van der Waals surface area contributed by atoms with E-state index in [0.29, 0.717) is 0 Å². The van der Waals surface area contributed by atoms with Crippen LogP contribution in [0.3, 0.4) is 0 Å². The number of aromatic nitrogens is 1. The number of anilines is 2. The minimum atomic E-state index is 0.774. The van der Waals surface area contributed by atoms with Crippen molar-refractivity contribution >= 4 is 33.8 Å². The summed E-state index contributed by atoms with van der Waals surface area (Å²) in [4.78, 5) is 4.60. The van der Waals surface area contributed by atoms with Crippen molar-refractivity contribution in [2.45, 2.75) is 26.7 Å². The Hall–Kier alpha value is -1.10. The molecule has 0 saturated heterocycles. The van der Waals surface area contributed by atoms with Crippen LogP contribution in [0.25, 0.3) is 0 Å². The number of hydrogen-bond donors (Lipinski definition) is 2. The van der Waals surface area contributed by atoms with Crippen molar-refractivity contribution in [3.05, 3.63) is 39.9 Å². The molecule has 0 aliphatic rings. The van der Waals surface area contributed by atoms with E-state index in [2.05, 4.69) is 27.9 Å². The predicted molar refractivity (Wildman–Crippen MR) is 88.5 cm³/mol. The fraction of sp³-hybridized carbons (Fsp3) is 0.400. The van der Waals surface area contributed by atoms with Gasteiger partial charge in [0.25, 0.3) is 0 Å². The molecule has 0 bridgehead atoms. The molecule has 2 N–H and O–H groups in total. The molecule has 0 aliphatic carbocycles. The van der Waals surface area contributed by atoms with E-state index < -0.39 is 0 Å². The summed E-state index contributed by atoms with van der Waals surface area (Å²) in [6.45, 7) is 6.23. The van der Waals surface area contributed by atoms with Gasteiger partial charge < -0.3 is 10.6 Å². The van der Waals surface area contributed by atoms with E-state index in [0.717, 1.165) is 53.0 Å². The lowest BCUT2D eigenvalue weighted by Crippen LogP contribution is -2.17. The molecule has 0 atom stereocenters. The monoisotopic (exact) mass is 309 g/mol. The van der Waals surface area contributed by atoms with E-state index in [9.17, 15) is 0 Å². The van der Waals surface area contributed by atoms with Crippen molar-refractivity contribution in [2.24, 2.45) is 0 Å². The molecule has 0 aliphatic heterocycles. The Morgan fingerprint density at radius 1 is 1.30 bits per heavy atom. The lowest BCUT2D eigenvalue weighted by atomic mass is 10.2. The zero-order chi connectivity index (χ0) is 14.4. The largest absolute Gasteiger partial charge is 0.331 e. The summed E-state index contributed by atoms with van der Waals surface area (Å²) in [6, 6.07) is 5.86. The summed E-state index contributed by atoms with van der Waals surface area (Å²) >= 11 is 7.75. The van der Waals surface area contributed by atoms with E-state index in [1.165, 1.54) is 0 Å². The molecule has 0 unspecified atom stereocenters. The van der Waals surface area contributed by atoms with Gasteiger partial charge in [0, 0.05) is 29.1 Å². The van der Waals surface area contributed by atoms with E-state index >= 15 is 0 Å². The van der Waals surface area contributed by atoms with Gasteiger partial charge in [-0.1, -0.05) is 24.6 Å². The summed E-state index contributed by atoms with van der Waals surface area (Å²) in [6.07, 6.45) is 2.13. The fourth-order valence-electron chi connectivity index (χ4n) is 1.86. The normalized spacial score (nSPS) is 10.8. The van der Waals surface area contributed by atoms with Crippen LogP contribution >= 0.6 is 22.9 Å². The van der Waals surface area contributed by atoms with E-state index in [4.69, 9.17) is 11.6 Å². The zero-order valence-corrected chi connectivity index (χ0v) is 13.4. The molecule has 20 heavy (non-hydrogen) atoms. The highest BCUT2D eigenvalue weighted by Gasteiger charge is 2.05. The lowest BCUT2D eigenvalue weighted by Gasteiger charge is -2.07. The SMILES string of the molecule is CCCNCCc1csc(Nc2cccc(Cl)c2C)n1. The van der Waals surface area contributed by atoms with Crippen LogP contribution in [0.5, 0.6) is 0 Å². The van der Waals surface area contributed by atoms with Gasteiger partial charge in [-0.25, -0.2) is 4.98 Å². The molecule has 0 amide bonds. The standard InChI is InChI=1S/C15H20ClN3S/c1-3-8-17-9-7-12-10-20-15(18-12)19-14-6-4-5-13(16)11(14)2/h4-6,10,17H,3,7-9H2,1-2H3,(H,18,19). The zero-order valence-electron chi connectivity index (χ0n) is 11.9. The quantitative estimate of drug-likeness (QED) is 0.745. The number of benzene rings is 1. The first-order valence-electron chi connectivity index (χ1n) is 6.88. The molecule has 0 saturated carbocycles. The van der Waals surface area contributed by atoms with Crippen molar-refractivity contribution in [2.75, 3.05) is 18.4 Å². The molecule has 2 rings (SSSR count). The molecule has 1 aromatic carbocycles. The van der Waals surface area contributed by atoms with Gasteiger partial charge in [-0.3, -0.25) is 0 Å². The van der Waals surface area contributed by atoms with Crippen molar-refractivity contribution < 1.29 is 0 Å². The summed E-state index contributed by atoms with van der Waals surface area (Å²) in [5.74, 6) is 0. The number of rotatable bonds is 7. The number of thiazole rings is 1. The summed E-state index contributed by atoms with van der Waals surface area (Å²) in [7, 11) is 0. The first-order valence-corrected chi connectivity index (χ1v) is 8.13. The number of nitrogens with zero attached hydrogens (tertiary/aromatic N) is 1. The molecule has 0 fully saturated rings. The highest BCUT2D eigenvalue weighted by molar-refractivity contribution is 7.13. The first kappa shape index (κ1) is 15.3. The summed E-state index contributed by atoms with van der Waals surface area (Å²) < 4.78 is 0. The third-order valence-electron chi connectivity index (χ3n) is 3.05. The molecular formula is C15H20ClN3S. The lowest BCUT2D eigenvalue weighted by molar-refractivity contribution is 0.667. The maximum absolute atomic E-state index is 6.12. The Kier molecular flexibility index (Phi) is 5.83. The van der Waals surface area contributed by atoms with E-state index in [1.807, 2.05) is 25.1 Å². The van der Waals surface area contributed by atoms with Crippen LogP contribution < -0.4 is 10.6 Å². The highest BCUT2D eigenvalue weighted by Crippen LogP contribution is 2.27. The maximum Gasteiger partial charge on any atom is 0.187 e. The highest BCUT2D eigenvalue weighted by atomic mass is 35.5. The molecule has 1 heterocycles. The predicted octanol–water partition coefficient (Wildman–Crippen LogP) is 4.39. The van der Waals surface area contributed by atoms with Gasteiger partial charge >= 0.3 is 0 Å². The van der Waals surface area contributed by atoms with Crippen molar-refractivity contribution in [3.8, 4) is 0 Å². The fourth-order valence-corrected chi connectivity index (χ4v) is 2.79. The average Bonchev–Trinajstić information content (AvgIpc) is 2.88. The number of nitrogens with one attached hydrogen (secondary N) is 2. The molecular weight excluding hydrogens is 290 g/mol. The van der Waals surface area contributed by atoms with Crippen LogP contribution in [0.4, 0.5) is 10.8 Å². The second-order valence-electron chi connectivity index (χ2n) is 4.68. The Labute approximate surface area is 129 Å². The van der Waals surface area contributed by atoms with Crippen LogP contribution in [0.15, 0.2) is 23.6 Å². The van der Waals surface area contributed by atoms with Gasteiger partial charge in [-0.05, 0) is 37.6 Å². The van der Waals surface area contributed by atoms with Crippen LogP contribution in [-0.4, -0.2) is 18.1 Å². The van der Waals surface area contributed by atoms with Crippen LogP contribution in [-0.2, 0) is 6.42 Å². The average molecular weight is 310 g/mol. The molecule has 2 aromatic rings.